The molecule has 1 aromatic heterocycles. The monoisotopic (exact) mass is 461 g/mol. The molecule has 0 unspecified atom stereocenters. The van der Waals surface area contributed by atoms with Crippen molar-refractivity contribution in [1.82, 2.24) is 0 Å². The van der Waals surface area contributed by atoms with Crippen LogP contribution in [0, 0.1) is 0 Å². The lowest BCUT2D eigenvalue weighted by atomic mass is 10.2. The molecular weight excluding hydrogens is 449 g/mol. The van der Waals surface area contributed by atoms with E-state index in [0.29, 0.717) is 37.1 Å². The summed E-state index contributed by atoms with van der Waals surface area (Å²) in [6.45, 7) is 0. The Morgan fingerprint density at radius 3 is 2.31 bits per heavy atom. The smallest absolute Gasteiger partial charge is 0.274 e. The minimum absolute atomic E-state index is 0.265. The van der Waals surface area contributed by atoms with E-state index in [0.717, 1.165) is 10.1 Å². The Morgan fingerprint density at radius 1 is 0.931 bits per heavy atom. The fraction of sp³-hybridized carbons (Fsp3) is 0.0455. The van der Waals surface area contributed by atoms with Crippen LogP contribution in [0.1, 0.15) is 9.67 Å². The maximum absolute atomic E-state index is 13.7. The SMILES string of the molecule is COc1cc(Cl)ccc1N(C(=O)c1sc2ccccc2c1Cl)c1ccc(Cl)cc1. The first-order valence-electron chi connectivity index (χ1n) is 8.60. The Labute approximate surface area is 187 Å². The number of carbonyl (C=O) groups is 1. The molecule has 0 spiro atoms. The highest BCUT2D eigenvalue weighted by Gasteiger charge is 2.27. The van der Waals surface area contributed by atoms with Gasteiger partial charge in [-0.15, -0.1) is 11.3 Å². The number of carbonyl (C=O) groups excluding carboxylic acids is 1. The van der Waals surface area contributed by atoms with Gasteiger partial charge in [0.05, 0.1) is 17.8 Å². The molecule has 3 aromatic carbocycles. The maximum Gasteiger partial charge on any atom is 0.274 e. The number of rotatable bonds is 4. The van der Waals surface area contributed by atoms with E-state index in [-0.39, 0.29) is 5.91 Å². The van der Waals surface area contributed by atoms with Gasteiger partial charge in [-0.25, -0.2) is 0 Å². The Balaban J connectivity index is 1.91. The van der Waals surface area contributed by atoms with E-state index in [1.807, 2.05) is 24.3 Å². The molecule has 29 heavy (non-hydrogen) atoms. The third-order valence-corrected chi connectivity index (χ3v) is 6.55. The van der Waals surface area contributed by atoms with Gasteiger partial charge in [-0.2, -0.15) is 0 Å². The minimum Gasteiger partial charge on any atom is -0.495 e. The van der Waals surface area contributed by atoms with Gasteiger partial charge in [0.25, 0.3) is 5.91 Å². The molecule has 7 heteroatoms. The van der Waals surface area contributed by atoms with Gasteiger partial charge in [0, 0.05) is 31.9 Å². The molecule has 0 radical (unpaired) electrons. The number of ether oxygens (including phenoxy) is 1. The van der Waals surface area contributed by atoms with Gasteiger partial charge in [0.2, 0.25) is 0 Å². The Bertz CT molecular complexity index is 1200. The Morgan fingerprint density at radius 2 is 1.62 bits per heavy atom. The molecule has 4 aromatic rings. The molecule has 0 aliphatic rings. The van der Waals surface area contributed by atoms with Crippen LogP contribution in [0.4, 0.5) is 11.4 Å². The van der Waals surface area contributed by atoms with Gasteiger partial charge in [0.15, 0.2) is 0 Å². The molecule has 146 valence electrons. The molecule has 4 rings (SSSR count). The highest BCUT2D eigenvalue weighted by atomic mass is 35.5. The number of amides is 1. The summed E-state index contributed by atoms with van der Waals surface area (Å²) in [7, 11) is 1.53. The van der Waals surface area contributed by atoms with Gasteiger partial charge >= 0.3 is 0 Å². The van der Waals surface area contributed by atoms with Gasteiger partial charge in [-0.05, 0) is 42.5 Å². The normalized spacial score (nSPS) is 10.9. The number of benzene rings is 3. The summed E-state index contributed by atoms with van der Waals surface area (Å²) in [5, 5.41) is 2.36. The third kappa shape index (κ3) is 3.81. The van der Waals surface area contributed by atoms with E-state index in [1.165, 1.54) is 18.4 Å². The molecule has 0 saturated carbocycles. The molecular formula is C22H14Cl3NO2S. The van der Waals surface area contributed by atoms with Crippen LogP contribution < -0.4 is 9.64 Å². The Kier molecular flexibility index (Phi) is 5.70. The summed E-state index contributed by atoms with van der Waals surface area (Å²) in [5.41, 5.74) is 1.19. The molecule has 0 atom stereocenters. The van der Waals surface area contributed by atoms with Crippen LogP contribution in [0.2, 0.25) is 15.1 Å². The minimum atomic E-state index is -0.265. The predicted molar refractivity (Wildman–Crippen MR) is 123 cm³/mol. The van der Waals surface area contributed by atoms with Gasteiger partial charge < -0.3 is 4.74 Å². The molecule has 0 bridgehead atoms. The molecule has 1 amide bonds. The number of hydrogen-bond acceptors (Lipinski definition) is 3. The number of fused-ring (bicyclic) bond motifs is 1. The lowest BCUT2D eigenvalue weighted by Gasteiger charge is -2.24. The van der Waals surface area contributed by atoms with E-state index in [4.69, 9.17) is 39.5 Å². The average Bonchev–Trinajstić information content (AvgIpc) is 3.07. The topological polar surface area (TPSA) is 29.5 Å². The molecule has 0 saturated heterocycles. The second-order valence-corrected chi connectivity index (χ2v) is 8.48. The van der Waals surface area contributed by atoms with Crippen molar-refractivity contribution in [2.75, 3.05) is 12.0 Å². The highest BCUT2D eigenvalue weighted by molar-refractivity contribution is 7.21. The van der Waals surface area contributed by atoms with E-state index < -0.39 is 0 Å². The number of halogens is 3. The molecule has 3 nitrogen and oxygen atoms in total. The van der Waals surface area contributed by atoms with Crippen molar-refractivity contribution in [3.63, 3.8) is 0 Å². The van der Waals surface area contributed by atoms with E-state index >= 15 is 0 Å². The summed E-state index contributed by atoms with van der Waals surface area (Å²) in [6, 6.07) is 19.8. The number of nitrogens with zero attached hydrogens (tertiary/aromatic N) is 1. The quantitative estimate of drug-likeness (QED) is 0.309. The summed E-state index contributed by atoms with van der Waals surface area (Å²) >= 11 is 20.1. The summed E-state index contributed by atoms with van der Waals surface area (Å²) in [4.78, 5) is 15.7. The Hall–Kier alpha value is -2.24. The van der Waals surface area contributed by atoms with Crippen LogP contribution in [0.25, 0.3) is 10.1 Å². The average molecular weight is 463 g/mol. The molecule has 0 N–H and O–H groups in total. The van der Waals surface area contributed by atoms with Gasteiger partial charge in [-0.1, -0.05) is 53.0 Å². The summed E-state index contributed by atoms with van der Waals surface area (Å²) in [5.74, 6) is 0.206. The van der Waals surface area contributed by atoms with Crippen molar-refractivity contribution in [3.05, 3.63) is 86.7 Å². The number of thiophene rings is 1. The number of hydrogen-bond donors (Lipinski definition) is 0. The zero-order valence-corrected chi connectivity index (χ0v) is 18.2. The summed E-state index contributed by atoms with van der Waals surface area (Å²) in [6.07, 6.45) is 0. The van der Waals surface area contributed by atoms with Crippen LogP contribution in [-0.2, 0) is 0 Å². The first-order chi connectivity index (χ1) is 14.0. The van der Waals surface area contributed by atoms with E-state index in [2.05, 4.69) is 0 Å². The van der Waals surface area contributed by atoms with Crippen molar-refractivity contribution in [1.29, 1.82) is 0 Å². The first kappa shape index (κ1) is 20.0. The second-order valence-electron chi connectivity index (χ2n) is 6.17. The second kappa shape index (κ2) is 8.25. The highest BCUT2D eigenvalue weighted by Crippen LogP contribution is 2.41. The third-order valence-electron chi connectivity index (χ3n) is 4.40. The van der Waals surface area contributed by atoms with E-state index in [9.17, 15) is 4.79 Å². The van der Waals surface area contributed by atoms with Crippen molar-refractivity contribution in [2.24, 2.45) is 0 Å². The zero-order valence-electron chi connectivity index (χ0n) is 15.2. The molecule has 0 aliphatic carbocycles. The van der Waals surface area contributed by atoms with Crippen LogP contribution >= 0.6 is 46.1 Å². The van der Waals surface area contributed by atoms with Crippen molar-refractivity contribution in [2.45, 2.75) is 0 Å². The zero-order chi connectivity index (χ0) is 20.5. The number of anilines is 2. The molecule has 1 heterocycles. The fourth-order valence-corrected chi connectivity index (χ4v) is 4.78. The lowest BCUT2D eigenvalue weighted by Crippen LogP contribution is -2.26. The molecule has 0 fully saturated rings. The van der Waals surface area contributed by atoms with Crippen molar-refractivity contribution < 1.29 is 9.53 Å². The molecule has 0 aliphatic heterocycles. The maximum atomic E-state index is 13.7. The van der Waals surface area contributed by atoms with Gasteiger partial charge in [0.1, 0.15) is 10.6 Å². The van der Waals surface area contributed by atoms with Crippen LogP contribution in [-0.4, -0.2) is 13.0 Å². The van der Waals surface area contributed by atoms with Crippen LogP contribution in [0.5, 0.6) is 5.75 Å². The first-order valence-corrected chi connectivity index (χ1v) is 10.5. The largest absolute Gasteiger partial charge is 0.495 e. The van der Waals surface area contributed by atoms with Crippen LogP contribution in [0.3, 0.4) is 0 Å². The standard InChI is InChI=1S/C22H14Cl3NO2S/c1-28-18-12-14(24)8-11-17(18)26(15-9-6-13(23)7-10-15)22(27)21-20(25)16-4-2-3-5-19(16)29-21/h2-12H,1H3. The van der Waals surface area contributed by atoms with Gasteiger partial charge in [-0.3, -0.25) is 9.69 Å². The lowest BCUT2D eigenvalue weighted by molar-refractivity contribution is 0.100. The van der Waals surface area contributed by atoms with Crippen LogP contribution in [0.15, 0.2) is 66.7 Å². The number of methoxy groups -OCH3 is 1. The summed E-state index contributed by atoms with van der Waals surface area (Å²) < 4.78 is 6.44. The van der Waals surface area contributed by atoms with Crippen molar-refractivity contribution >= 4 is 73.5 Å². The van der Waals surface area contributed by atoms with E-state index in [1.54, 1.807) is 47.4 Å². The van der Waals surface area contributed by atoms with Crippen molar-refractivity contribution in [3.8, 4) is 5.75 Å². The predicted octanol–water partition coefficient (Wildman–Crippen LogP) is 7.85. The fourth-order valence-electron chi connectivity index (χ4n) is 3.05.